The molecule has 3 heteroatoms. The monoisotopic (exact) mass is 253 g/mol. The molecular formula is C15H31N3. The van der Waals surface area contributed by atoms with E-state index < -0.39 is 0 Å². The van der Waals surface area contributed by atoms with E-state index in [1.807, 2.05) is 0 Å². The molecule has 18 heavy (non-hydrogen) atoms. The molecule has 2 rings (SSSR count). The fraction of sp³-hybridized carbons (Fsp3) is 1.00. The normalized spacial score (nSPS) is 33.2. The van der Waals surface area contributed by atoms with Crippen LogP contribution in [0.4, 0.5) is 0 Å². The molecule has 0 saturated carbocycles. The standard InChI is InChI=1S/C15H31N3/c1-12(2)18-9-5-14(6-10-18)16-15-7-8-17(4)11-13(15)3/h12-16H,5-11H2,1-4H3. The first-order valence-electron chi connectivity index (χ1n) is 7.75. The Balaban J connectivity index is 1.74. The SMILES string of the molecule is CC1CN(C)CCC1NC1CCN(C(C)C)CC1. The van der Waals surface area contributed by atoms with Gasteiger partial charge >= 0.3 is 0 Å². The molecule has 0 bridgehead atoms. The van der Waals surface area contributed by atoms with Crippen molar-refractivity contribution in [3.8, 4) is 0 Å². The molecule has 0 aromatic carbocycles. The molecular weight excluding hydrogens is 222 g/mol. The summed E-state index contributed by atoms with van der Waals surface area (Å²) in [6, 6.07) is 2.22. The van der Waals surface area contributed by atoms with Crippen molar-refractivity contribution in [1.29, 1.82) is 0 Å². The second kappa shape index (κ2) is 6.36. The maximum atomic E-state index is 3.93. The number of nitrogens with one attached hydrogen (secondary N) is 1. The molecule has 0 aromatic rings. The van der Waals surface area contributed by atoms with Crippen molar-refractivity contribution in [2.75, 3.05) is 33.2 Å². The smallest absolute Gasteiger partial charge is 0.0120 e. The number of likely N-dealkylation sites (tertiary alicyclic amines) is 2. The molecule has 0 aliphatic carbocycles. The predicted octanol–water partition coefficient (Wildman–Crippen LogP) is 1.79. The van der Waals surface area contributed by atoms with Gasteiger partial charge in [0.25, 0.3) is 0 Å². The summed E-state index contributed by atoms with van der Waals surface area (Å²) >= 11 is 0. The molecule has 2 fully saturated rings. The average molecular weight is 253 g/mol. The topological polar surface area (TPSA) is 18.5 Å². The van der Waals surface area contributed by atoms with Gasteiger partial charge in [0.05, 0.1) is 0 Å². The summed E-state index contributed by atoms with van der Waals surface area (Å²) in [6.45, 7) is 12.1. The van der Waals surface area contributed by atoms with Crippen LogP contribution in [0, 0.1) is 5.92 Å². The highest BCUT2D eigenvalue weighted by Crippen LogP contribution is 2.19. The zero-order chi connectivity index (χ0) is 13.1. The van der Waals surface area contributed by atoms with Gasteiger partial charge in [-0.15, -0.1) is 0 Å². The minimum Gasteiger partial charge on any atom is -0.311 e. The Morgan fingerprint density at radius 3 is 2.28 bits per heavy atom. The second-order valence-electron chi connectivity index (χ2n) is 6.71. The van der Waals surface area contributed by atoms with Gasteiger partial charge < -0.3 is 15.1 Å². The van der Waals surface area contributed by atoms with Crippen LogP contribution in [0.5, 0.6) is 0 Å². The average Bonchev–Trinajstić information content (AvgIpc) is 2.33. The first kappa shape index (κ1) is 14.3. The third kappa shape index (κ3) is 3.69. The highest BCUT2D eigenvalue weighted by Gasteiger charge is 2.28. The van der Waals surface area contributed by atoms with E-state index in [1.165, 1.54) is 45.4 Å². The molecule has 0 aromatic heterocycles. The third-order valence-electron chi connectivity index (χ3n) is 4.82. The Labute approximate surface area is 113 Å². The molecule has 2 atom stereocenters. The maximum Gasteiger partial charge on any atom is 0.0120 e. The van der Waals surface area contributed by atoms with Crippen LogP contribution in [0.25, 0.3) is 0 Å². The summed E-state index contributed by atoms with van der Waals surface area (Å²) in [5.74, 6) is 0.798. The van der Waals surface area contributed by atoms with Crippen molar-refractivity contribution in [1.82, 2.24) is 15.1 Å². The minimum atomic E-state index is 0.716. The van der Waals surface area contributed by atoms with E-state index in [9.17, 15) is 0 Å². The van der Waals surface area contributed by atoms with Crippen LogP contribution >= 0.6 is 0 Å². The van der Waals surface area contributed by atoms with Gasteiger partial charge in [-0.05, 0) is 65.7 Å². The molecule has 0 amide bonds. The van der Waals surface area contributed by atoms with E-state index in [4.69, 9.17) is 0 Å². The fourth-order valence-electron chi connectivity index (χ4n) is 3.49. The molecule has 3 nitrogen and oxygen atoms in total. The second-order valence-corrected chi connectivity index (χ2v) is 6.71. The molecule has 2 unspecified atom stereocenters. The quantitative estimate of drug-likeness (QED) is 0.827. The Morgan fingerprint density at radius 2 is 1.72 bits per heavy atom. The molecule has 2 aliphatic heterocycles. The molecule has 0 radical (unpaired) electrons. The molecule has 1 N–H and O–H groups in total. The van der Waals surface area contributed by atoms with Crippen molar-refractivity contribution in [3.05, 3.63) is 0 Å². The minimum absolute atomic E-state index is 0.716. The lowest BCUT2D eigenvalue weighted by Crippen LogP contribution is -2.53. The van der Waals surface area contributed by atoms with Crippen LogP contribution in [0.2, 0.25) is 0 Å². The zero-order valence-corrected chi connectivity index (χ0v) is 12.7. The Kier molecular flexibility index (Phi) is 5.05. The number of nitrogens with zero attached hydrogens (tertiary/aromatic N) is 2. The van der Waals surface area contributed by atoms with E-state index in [2.05, 4.69) is 42.9 Å². The summed E-state index contributed by atoms with van der Waals surface area (Å²) < 4.78 is 0. The molecule has 0 spiro atoms. The third-order valence-corrected chi connectivity index (χ3v) is 4.82. The van der Waals surface area contributed by atoms with Gasteiger partial charge in [0, 0.05) is 24.7 Å². The van der Waals surface area contributed by atoms with Crippen molar-refractivity contribution in [2.45, 2.75) is 58.2 Å². The molecule has 2 heterocycles. The van der Waals surface area contributed by atoms with E-state index in [0.717, 1.165) is 18.0 Å². The molecule has 2 saturated heterocycles. The van der Waals surface area contributed by atoms with Gasteiger partial charge in [0.2, 0.25) is 0 Å². The Hall–Kier alpha value is -0.120. The van der Waals surface area contributed by atoms with E-state index in [1.54, 1.807) is 0 Å². The summed E-state index contributed by atoms with van der Waals surface area (Å²) in [5.41, 5.74) is 0. The van der Waals surface area contributed by atoms with Crippen LogP contribution in [0.15, 0.2) is 0 Å². The van der Waals surface area contributed by atoms with E-state index >= 15 is 0 Å². The first-order valence-corrected chi connectivity index (χ1v) is 7.75. The van der Waals surface area contributed by atoms with Gasteiger partial charge in [0.15, 0.2) is 0 Å². The Bertz CT molecular complexity index is 246. The van der Waals surface area contributed by atoms with Gasteiger partial charge in [0.1, 0.15) is 0 Å². The summed E-state index contributed by atoms with van der Waals surface area (Å²) in [7, 11) is 2.24. The largest absolute Gasteiger partial charge is 0.311 e. The van der Waals surface area contributed by atoms with Gasteiger partial charge in [-0.3, -0.25) is 0 Å². The fourth-order valence-corrected chi connectivity index (χ4v) is 3.49. The highest BCUT2D eigenvalue weighted by molar-refractivity contribution is 4.87. The summed E-state index contributed by atoms with van der Waals surface area (Å²) in [4.78, 5) is 5.07. The van der Waals surface area contributed by atoms with Gasteiger partial charge in [-0.1, -0.05) is 6.92 Å². The van der Waals surface area contributed by atoms with E-state index in [0.29, 0.717) is 6.04 Å². The van der Waals surface area contributed by atoms with Gasteiger partial charge in [-0.2, -0.15) is 0 Å². The lowest BCUT2D eigenvalue weighted by atomic mass is 9.92. The number of rotatable bonds is 3. The van der Waals surface area contributed by atoms with Crippen molar-refractivity contribution in [2.24, 2.45) is 5.92 Å². The number of hydrogen-bond donors (Lipinski definition) is 1. The lowest BCUT2D eigenvalue weighted by Gasteiger charge is -2.40. The van der Waals surface area contributed by atoms with Crippen LogP contribution in [0.3, 0.4) is 0 Å². The zero-order valence-electron chi connectivity index (χ0n) is 12.7. The van der Waals surface area contributed by atoms with Crippen molar-refractivity contribution in [3.63, 3.8) is 0 Å². The summed E-state index contributed by atoms with van der Waals surface area (Å²) in [6.07, 6.45) is 3.98. The molecule has 106 valence electrons. The number of piperidine rings is 2. The van der Waals surface area contributed by atoms with Crippen molar-refractivity contribution >= 4 is 0 Å². The van der Waals surface area contributed by atoms with Crippen LogP contribution in [-0.4, -0.2) is 61.2 Å². The summed E-state index contributed by atoms with van der Waals surface area (Å²) in [5, 5.41) is 3.93. The number of hydrogen-bond acceptors (Lipinski definition) is 3. The van der Waals surface area contributed by atoms with Crippen LogP contribution < -0.4 is 5.32 Å². The van der Waals surface area contributed by atoms with Crippen LogP contribution in [0.1, 0.15) is 40.0 Å². The maximum absolute atomic E-state index is 3.93. The first-order chi connectivity index (χ1) is 8.56. The Morgan fingerprint density at radius 1 is 1.06 bits per heavy atom. The van der Waals surface area contributed by atoms with Crippen molar-refractivity contribution < 1.29 is 0 Å². The highest BCUT2D eigenvalue weighted by atomic mass is 15.2. The van der Waals surface area contributed by atoms with Gasteiger partial charge in [-0.25, -0.2) is 0 Å². The van der Waals surface area contributed by atoms with Crippen LogP contribution in [-0.2, 0) is 0 Å². The van der Waals surface area contributed by atoms with E-state index in [-0.39, 0.29) is 0 Å². The lowest BCUT2D eigenvalue weighted by molar-refractivity contribution is 0.127. The molecule has 2 aliphatic rings. The predicted molar refractivity (Wildman–Crippen MR) is 77.9 cm³/mol.